The second-order valence-electron chi connectivity index (χ2n) is 8.90. The van der Waals surface area contributed by atoms with Crippen LogP contribution in [-0.2, 0) is 7.05 Å². The van der Waals surface area contributed by atoms with E-state index in [-0.39, 0.29) is 23.9 Å². The highest BCUT2D eigenvalue weighted by Crippen LogP contribution is 2.40. The number of hydrogen-bond donors (Lipinski definition) is 1. The second-order valence-corrected chi connectivity index (χ2v) is 9.26. The average Bonchev–Trinajstić information content (AvgIpc) is 3.17. The van der Waals surface area contributed by atoms with Crippen molar-refractivity contribution in [2.24, 2.45) is 7.05 Å². The van der Waals surface area contributed by atoms with Crippen LogP contribution in [0.5, 0.6) is 0 Å². The number of nitrogens with zero attached hydrogens (tertiary/aromatic N) is 7. The van der Waals surface area contributed by atoms with Crippen LogP contribution in [0.15, 0.2) is 36.7 Å². The van der Waals surface area contributed by atoms with Gasteiger partial charge in [0.1, 0.15) is 5.82 Å². The smallest absolute Gasteiger partial charge is 0.416 e. The van der Waals surface area contributed by atoms with Crippen molar-refractivity contribution < 1.29 is 23.1 Å². The molecule has 9 nitrogen and oxygen atoms in total. The highest BCUT2D eigenvalue weighted by molar-refractivity contribution is 6.34. The van der Waals surface area contributed by atoms with Crippen LogP contribution in [0.3, 0.4) is 0 Å². The fraction of sp³-hybridized carbons (Fsp3) is 0.455. The van der Waals surface area contributed by atoms with Crippen molar-refractivity contribution in [2.75, 3.05) is 38.6 Å². The highest BCUT2D eigenvalue weighted by Gasteiger charge is 2.51. The minimum Gasteiger partial charge on any atom is -0.465 e. The molecule has 0 bridgehead atoms. The number of carbonyl (C=O) groups is 1. The Balaban J connectivity index is 1.57. The van der Waals surface area contributed by atoms with Gasteiger partial charge in [-0.2, -0.15) is 13.2 Å². The lowest BCUT2D eigenvalue weighted by Gasteiger charge is -2.55. The van der Waals surface area contributed by atoms with Crippen molar-refractivity contribution in [3.63, 3.8) is 0 Å². The van der Waals surface area contributed by atoms with Gasteiger partial charge in [0.15, 0.2) is 17.0 Å². The van der Waals surface area contributed by atoms with E-state index < -0.39 is 23.9 Å². The maximum Gasteiger partial charge on any atom is 0.416 e. The van der Waals surface area contributed by atoms with Gasteiger partial charge < -0.3 is 19.5 Å². The van der Waals surface area contributed by atoms with E-state index in [2.05, 4.69) is 15.2 Å². The Kier molecular flexibility index (Phi) is 6.54. The van der Waals surface area contributed by atoms with E-state index in [0.717, 1.165) is 10.8 Å². The Morgan fingerprint density at radius 1 is 1.23 bits per heavy atom. The zero-order valence-corrected chi connectivity index (χ0v) is 20.1. The van der Waals surface area contributed by atoms with Crippen LogP contribution < -0.4 is 4.90 Å². The van der Waals surface area contributed by atoms with E-state index in [1.54, 1.807) is 0 Å². The Labute approximate surface area is 204 Å². The lowest BCUT2D eigenvalue weighted by molar-refractivity contribution is -0.184. The SMILES string of the molecule is CN(C)C1(CCN(C(=O)O)C(c2nccn2C)C(F)(F)F)CN(c2nnc(Cl)c3ccccc23)C1. The molecule has 0 aliphatic carbocycles. The lowest BCUT2D eigenvalue weighted by Crippen LogP contribution is -2.69. The first kappa shape index (κ1) is 25.0. The molecule has 2 aromatic heterocycles. The molecule has 1 aliphatic heterocycles. The third-order valence-electron chi connectivity index (χ3n) is 6.63. The van der Waals surface area contributed by atoms with E-state index >= 15 is 0 Å². The average molecular weight is 512 g/mol. The minimum atomic E-state index is -4.83. The van der Waals surface area contributed by atoms with Gasteiger partial charge in [-0.25, -0.2) is 9.78 Å². The first-order chi connectivity index (χ1) is 16.4. The molecular formula is C22H25ClF3N7O2. The number of hydrogen-bond acceptors (Lipinski definition) is 6. The molecule has 1 atom stereocenters. The fourth-order valence-electron chi connectivity index (χ4n) is 4.54. The zero-order chi connectivity index (χ0) is 25.5. The summed E-state index contributed by atoms with van der Waals surface area (Å²) in [5.41, 5.74) is -0.562. The number of aromatic nitrogens is 4. The summed E-state index contributed by atoms with van der Waals surface area (Å²) >= 11 is 6.18. The topological polar surface area (TPSA) is 90.6 Å². The molecule has 1 amide bonds. The Hall–Kier alpha value is -3.12. The number of amides is 1. The molecule has 0 saturated carbocycles. The maximum absolute atomic E-state index is 14.0. The van der Waals surface area contributed by atoms with E-state index in [4.69, 9.17) is 11.6 Å². The Bertz CT molecular complexity index is 1230. The molecule has 13 heteroatoms. The first-order valence-corrected chi connectivity index (χ1v) is 11.2. The molecular weight excluding hydrogens is 487 g/mol. The van der Waals surface area contributed by atoms with Gasteiger partial charge in [0.2, 0.25) is 0 Å². The summed E-state index contributed by atoms with van der Waals surface area (Å²) in [5.74, 6) is 0.246. The summed E-state index contributed by atoms with van der Waals surface area (Å²) in [5, 5.41) is 19.9. The number of aryl methyl sites for hydroxylation is 1. The van der Waals surface area contributed by atoms with Gasteiger partial charge in [0.25, 0.3) is 0 Å². The molecule has 1 aromatic carbocycles. The third kappa shape index (κ3) is 4.59. The van der Waals surface area contributed by atoms with Crippen molar-refractivity contribution in [3.8, 4) is 0 Å². The second kappa shape index (κ2) is 9.15. The third-order valence-corrected chi connectivity index (χ3v) is 6.91. The minimum absolute atomic E-state index is 0.179. The molecule has 1 fully saturated rings. The molecule has 1 saturated heterocycles. The number of fused-ring (bicyclic) bond motifs is 1. The number of alkyl halides is 3. The Morgan fingerprint density at radius 3 is 2.43 bits per heavy atom. The summed E-state index contributed by atoms with van der Waals surface area (Å²) in [6.07, 6.45) is -3.73. The molecule has 3 heterocycles. The van der Waals surface area contributed by atoms with Crippen molar-refractivity contribution >= 4 is 34.3 Å². The summed E-state index contributed by atoms with van der Waals surface area (Å²) in [4.78, 5) is 20.1. The number of imidazole rings is 1. The monoisotopic (exact) mass is 511 g/mol. The van der Waals surface area contributed by atoms with E-state index in [1.165, 1.54) is 24.0 Å². The predicted molar refractivity (Wildman–Crippen MR) is 125 cm³/mol. The molecule has 188 valence electrons. The highest BCUT2D eigenvalue weighted by atomic mass is 35.5. The van der Waals surface area contributed by atoms with Gasteiger partial charge >= 0.3 is 12.3 Å². The molecule has 1 aliphatic rings. The Morgan fingerprint density at radius 2 is 1.89 bits per heavy atom. The summed E-state index contributed by atoms with van der Waals surface area (Å²) in [6, 6.07) is 5.06. The normalized spacial score (nSPS) is 16.4. The largest absolute Gasteiger partial charge is 0.465 e. The van der Waals surface area contributed by atoms with E-state index in [1.807, 2.05) is 48.2 Å². The van der Waals surface area contributed by atoms with E-state index in [0.29, 0.717) is 23.8 Å². The van der Waals surface area contributed by atoms with Gasteiger partial charge in [-0.3, -0.25) is 4.90 Å². The molecule has 0 spiro atoms. The van der Waals surface area contributed by atoms with Crippen LogP contribution >= 0.6 is 11.6 Å². The zero-order valence-electron chi connectivity index (χ0n) is 19.4. The predicted octanol–water partition coefficient (Wildman–Crippen LogP) is 3.81. The molecule has 35 heavy (non-hydrogen) atoms. The summed E-state index contributed by atoms with van der Waals surface area (Å²) < 4.78 is 43.2. The lowest BCUT2D eigenvalue weighted by atomic mass is 9.84. The summed E-state index contributed by atoms with van der Waals surface area (Å²) in [7, 11) is 5.06. The van der Waals surface area contributed by atoms with Crippen LogP contribution in [-0.4, -0.2) is 86.2 Å². The molecule has 4 rings (SSSR count). The standard InChI is InChI=1S/C22H25ClF3N7O2/c1-30(2)21(12-32(13-21)18-15-7-5-4-6-14(15)17(23)28-29-18)8-10-33(20(34)35)16(22(24,25)26)19-27-9-11-31(19)3/h4-7,9,11,16H,8,10,12-13H2,1-3H3,(H,34,35). The van der Waals surface area contributed by atoms with Crippen molar-refractivity contribution in [2.45, 2.75) is 24.2 Å². The molecule has 1 N–H and O–H groups in total. The first-order valence-electron chi connectivity index (χ1n) is 10.8. The number of benzene rings is 1. The number of rotatable bonds is 7. The fourth-order valence-corrected chi connectivity index (χ4v) is 4.74. The number of carboxylic acid groups (broad SMARTS) is 1. The van der Waals surface area contributed by atoms with Crippen molar-refractivity contribution in [1.29, 1.82) is 0 Å². The number of likely N-dealkylation sites (N-methyl/N-ethyl adjacent to an activating group) is 1. The van der Waals surface area contributed by atoms with Gasteiger partial charge in [-0.1, -0.05) is 35.9 Å². The van der Waals surface area contributed by atoms with Gasteiger partial charge in [0.05, 0.1) is 5.54 Å². The van der Waals surface area contributed by atoms with Crippen LogP contribution in [0, 0.1) is 0 Å². The maximum atomic E-state index is 14.0. The van der Waals surface area contributed by atoms with Gasteiger partial charge in [0, 0.05) is 49.8 Å². The van der Waals surface area contributed by atoms with E-state index in [9.17, 15) is 23.1 Å². The van der Waals surface area contributed by atoms with Gasteiger partial charge in [-0.05, 0) is 20.5 Å². The molecule has 0 radical (unpaired) electrons. The van der Waals surface area contributed by atoms with Crippen LogP contribution in [0.4, 0.5) is 23.8 Å². The molecule has 1 unspecified atom stereocenters. The summed E-state index contributed by atoms with van der Waals surface area (Å²) in [6.45, 7) is 0.547. The molecule has 3 aromatic rings. The van der Waals surface area contributed by atoms with Gasteiger partial charge in [-0.15, -0.1) is 10.2 Å². The number of halogens is 4. The van der Waals surface area contributed by atoms with Crippen LogP contribution in [0.25, 0.3) is 10.8 Å². The van der Waals surface area contributed by atoms with Crippen molar-refractivity contribution in [1.82, 2.24) is 29.5 Å². The van der Waals surface area contributed by atoms with Crippen LogP contribution in [0.2, 0.25) is 5.15 Å². The van der Waals surface area contributed by atoms with Crippen LogP contribution in [0.1, 0.15) is 18.3 Å². The van der Waals surface area contributed by atoms with Crippen molar-refractivity contribution in [3.05, 3.63) is 47.6 Å². The number of anilines is 1. The quantitative estimate of drug-likeness (QED) is 0.516.